The fraction of sp³-hybridized carbons (Fsp3) is 0.619. The Labute approximate surface area is 151 Å². The number of nitrogens with zero attached hydrogens (tertiary/aromatic N) is 2. The Hall–Kier alpha value is -1.52. The van der Waals surface area contributed by atoms with Crippen molar-refractivity contribution in [1.82, 2.24) is 9.80 Å². The molecule has 0 aromatic heterocycles. The minimum Gasteiger partial charge on any atom is -0.497 e. The largest absolute Gasteiger partial charge is 0.497 e. The van der Waals surface area contributed by atoms with Gasteiger partial charge >= 0.3 is 0 Å². The highest BCUT2D eigenvalue weighted by atomic mass is 16.5. The van der Waals surface area contributed by atoms with Crippen molar-refractivity contribution in [1.29, 1.82) is 0 Å². The van der Waals surface area contributed by atoms with Crippen LogP contribution in [-0.2, 0) is 6.54 Å². The van der Waals surface area contributed by atoms with Gasteiger partial charge in [-0.3, -0.25) is 4.90 Å². The molecule has 1 saturated heterocycles. The third kappa shape index (κ3) is 3.70. The fourth-order valence-corrected chi connectivity index (χ4v) is 4.79. The number of hydrogen-bond donors (Lipinski definition) is 0. The van der Waals surface area contributed by atoms with Gasteiger partial charge in [-0.2, -0.15) is 0 Å². The summed E-state index contributed by atoms with van der Waals surface area (Å²) in [5.74, 6) is 4.44. The average Bonchev–Trinajstić information content (AvgIpc) is 3.26. The molecule has 4 nitrogen and oxygen atoms in total. The van der Waals surface area contributed by atoms with E-state index in [2.05, 4.69) is 28.0 Å². The molecule has 25 heavy (non-hydrogen) atoms. The predicted octanol–water partition coefficient (Wildman–Crippen LogP) is 3.03. The maximum atomic E-state index is 5.54. The van der Waals surface area contributed by atoms with Gasteiger partial charge in [0.15, 0.2) is 0 Å². The van der Waals surface area contributed by atoms with Crippen LogP contribution in [0.4, 0.5) is 0 Å². The van der Waals surface area contributed by atoms with E-state index in [0.717, 1.165) is 48.9 Å². The molecule has 0 unspecified atom stereocenters. The summed E-state index contributed by atoms with van der Waals surface area (Å²) in [5.41, 5.74) is 1.25. The SMILES string of the molecule is COc1ccc(CN2CCN(C[C@H]3C[C@H]4C=C[C@H]3C4)CC2)c(OC)c1. The van der Waals surface area contributed by atoms with Crippen molar-refractivity contribution in [2.75, 3.05) is 46.9 Å². The second-order valence-corrected chi connectivity index (χ2v) is 7.79. The molecule has 0 spiro atoms. The van der Waals surface area contributed by atoms with E-state index in [1.54, 1.807) is 14.2 Å². The van der Waals surface area contributed by atoms with Crippen LogP contribution in [0.5, 0.6) is 11.5 Å². The molecular formula is C21H30N2O2. The van der Waals surface area contributed by atoms with Crippen molar-refractivity contribution < 1.29 is 9.47 Å². The maximum absolute atomic E-state index is 5.54. The van der Waals surface area contributed by atoms with E-state index in [4.69, 9.17) is 9.47 Å². The first-order chi connectivity index (χ1) is 12.2. The fourth-order valence-electron chi connectivity index (χ4n) is 4.79. The number of rotatable bonds is 6. The summed E-state index contributed by atoms with van der Waals surface area (Å²) in [5, 5.41) is 0. The Balaban J connectivity index is 1.28. The molecule has 4 rings (SSSR count). The summed E-state index contributed by atoms with van der Waals surface area (Å²) >= 11 is 0. The van der Waals surface area contributed by atoms with Gasteiger partial charge in [-0.25, -0.2) is 0 Å². The molecule has 1 saturated carbocycles. The van der Waals surface area contributed by atoms with E-state index < -0.39 is 0 Å². The van der Waals surface area contributed by atoms with Gasteiger partial charge in [0.05, 0.1) is 14.2 Å². The first-order valence-electron chi connectivity index (χ1n) is 9.59. The van der Waals surface area contributed by atoms with Gasteiger partial charge < -0.3 is 14.4 Å². The number of methoxy groups -OCH3 is 2. The van der Waals surface area contributed by atoms with Crippen molar-refractivity contribution in [3.05, 3.63) is 35.9 Å². The van der Waals surface area contributed by atoms with Gasteiger partial charge in [0.25, 0.3) is 0 Å². The highest BCUT2D eigenvalue weighted by Crippen LogP contribution is 2.43. The highest BCUT2D eigenvalue weighted by Gasteiger charge is 2.36. The number of ether oxygens (including phenoxy) is 2. The quantitative estimate of drug-likeness (QED) is 0.742. The molecule has 4 heteroatoms. The van der Waals surface area contributed by atoms with Crippen molar-refractivity contribution in [2.24, 2.45) is 17.8 Å². The second kappa shape index (κ2) is 7.38. The molecular weight excluding hydrogens is 312 g/mol. The van der Waals surface area contributed by atoms with Gasteiger partial charge in [0, 0.05) is 50.9 Å². The smallest absolute Gasteiger partial charge is 0.127 e. The number of hydrogen-bond acceptors (Lipinski definition) is 4. The lowest BCUT2D eigenvalue weighted by Crippen LogP contribution is -2.47. The molecule has 136 valence electrons. The van der Waals surface area contributed by atoms with E-state index in [0.29, 0.717) is 0 Å². The highest BCUT2D eigenvalue weighted by molar-refractivity contribution is 5.40. The van der Waals surface area contributed by atoms with Crippen LogP contribution in [0.15, 0.2) is 30.4 Å². The summed E-state index contributed by atoms with van der Waals surface area (Å²) in [6, 6.07) is 6.14. The molecule has 3 atom stereocenters. The first-order valence-corrected chi connectivity index (χ1v) is 9.59. The molecule has 1 aromatic carbocycles. The van der Waals surface area contributed by atoms with E-state index >= 15 is 0 Å². The number of piperazine rings is 1. The molecule has 0 radical (unpaired) electrons. The normalized spacial score (nSPS) is 29.3. The van der Waals surface area contributed by atoms with Crippen molar-refractivity contribution in [3.63, 3.8) is 0 Å². The molecule has 0 N–H and O–H groups in total. The molecule has 2 fully saturated rings. The molecule has 1 aliphatic heterocycles. The predicted molar refractivity (Wildman–Crippen MR) is 100 cm³/mol. The van der Waals surface area contributed by atoms with Crippen LogP contribution in [0.2, 0.25) is 0 Å². The number of fused-ring (bicyclic) bond motifs is 2. The molecule has 0 amide bonds. The average molecular weight is 342 g/mol. The van der Waals surface area contributed by atoms with Crippen LogP contribution in [0, 0.1) is 17.8 Å². The summed E-state index contributed by atoms with van der Waals surface area (Å²) in [6.07, 6.45) is 7.76. The molecule has 2 bridgehead atoms. The van der Waals surface area contributed by atoms with Crippen LogP contribution in [0.3, 0.4) is 0 Å². The zero-order chi connectivity index (χ0) is 17.2. The van der Waals surface area contributed by atoms with E-state index in [1.165, 1.54) is 38.0 Å². The lowest BCUT2D eigenvalue weighted by atomic mass is 9.93. The third-order valence-electron chi connectivity index (χ3n) is 6.26. The van der Waals surface area contributed by atoms with E-state index in [-0.39, 0.29) is 0 Å². The van der Waals surface area contributed by atoms with Crippen LogP contribution in [0.25, 0.3) is 0 Å². The summed E-state index contributed by atoms with van der Waals surface area (Å²) in [4.78, 5) is 5.22. The van der Waals surface area contributed by atoms with Gasteiger partial charge in [-0.05, 0) is 36.7 Å². The van der Waals surface area contributed by atoms with E-state index in [9.17, 15) is 0 Å². The molecule has 2 aliphatic carbocycles. The van der Waals surface area contributed by atoms with Crippen molar-refractivity contribution >= 4 is 0 Å². The van der Waals surface area contributed by atoms with Crippen molar-refractivity contribution in [3.8, 4) is 11.5 Å². The Morgan fingerprint density at radius 1 is 0.960 bits per heavy atom. The Kier molecular flexibility index (Phi) is 5.00. The zero-order valence-corrected chi connectivity index (χ0v) is 15.5. The van der Waals surface area contributed by atoms with Gasteiger partial charge in [-0.15, -0.1) is 0 Å². The molecule has 1 heterocycles. The summed E-state index contributed by atoms with van der Waals surface area (Å²) < 4.78 is 10.8. The van der Waals surface area contributed by atoms with Crippen LogP contribution in [-0.4, -0.2) is 56.7 Å². The molecule has 3 aliphatic rings. The molecule has 1 aromatic rings. The third-order valence-corrected chi connectivity index (χ3v) is 6.26. The number of allylic oxidation sites excluding steroid dienone is 2. The Bertz CT molecular complexity index is 622. The lowest BCUT2D eigenvalue weighted by Gasteiger charge is -2.37. The van der Waals surface area contributed by atoms with Crippen LogP contribution in [0.1, 0.15) is 18.4 Å². The van der Waals surface area contributed by atoms with E-state index in [1.807, 2.05) is 12.1 Å². The van der Waals surface area contributed by atoms with Gasteiger partial charge in [0.2, 0.25) is 0 Å². The van der Waals surface area contributed by atoms with Crippen LogP contribution >= 0.6 is 0 Å². The monoisotopic (exact) mass is 342 g/mol. The summed E-state index contributed by atoms with van der Waals surface area (Å²) in [7, 11) is 3.43. The Morgan fingerprint density at radius 3 is 2.40 bits per heavy atom. The first kappa shape index (κ1) is 16.9. The maximum Gasteiger partial charge on any atom is 0.127 e. The number of benzene rings is 1. The minimum atomic E-state index is 0.852. The zero-order valence-electron chi connectivity index (χ0n) is 15.5. The minimum absolute atomic E-state index is 0.852. The van der Waals surface area contributed by atoms with Crippen LogP contribution < -0.4 is 9.47 Å². The summed E-state index contributed by atoms with van der Waals surface area (Å²) in [6.45, 7) is 6.92. The van der Waals surface area contributed by atoms with Gasteiger partial charge in [0.1, 0.15) is 11.5 Å². The second-order valence-electron chi connectivity index (χ2n) is 7.79. The van der Waals surface area contributed by atoms with Gasteiger partial charge in [-0.1, -0.05) is 18.2 Å². The topological polar surface area (TPSA) is 24.9 Å². The standard InChI is InChI=1S/C21H30N2O2/c1-24-20-6-5-18(21(13-20)25-2)14-22-7-9-23(10-8-22)15-19-12-16-3-4-17(19)11-16/h3-6,13,16-17,19H,7-12,14-15H2,1-2H3/t16-,17-,19+/m0/s1. The lowest BCUT2D eigenvalue weighted by molar-refractivity contribution is 0.108. The Morgan fingerprint density at radius 2 is 1.76 bits per heavy atom. The van der Waals surface area contributed by atoms with Crippen molar-refractivity contribution in [2.45, 2.75) is 19.4 Å².